The molecule has 0 bridgehead atoms. The van der Waals surface area contributed by atoms with E-state index in [0.717, 1.165) is 55.4 Å². The van der Waals surface area contributed by atoms with E-state index in [1.165, 1.54) is 0 Å². The summed E-state index contributed by atoms with van der Waals surface area (Å²) in [7, 11) is -22.3. The van der Waals surface area contributed by atoms with Gasteiger partial charge in [-0.25, -0.2) is 54.5 Å². The molecule has 0 spiro atoms. The van der Waals surface area contributed by atoms with E-state index < -0.39 is 169 Å². The van der Waals surface area contributed by atoms with E-state index in [4.69, 9.17) is 77.5 Å². The first-order chi connectivity index (χ1) is 31.5. The summed E-state index contributed by atoms with van der Waals surface area (Å²) in [6.45, 7) is -3.40. The third kappa shape index (κ3) is 25.6. The number of hydrogen-bond donors (Lipinski definition) is 0. The van der Waals surface area contributed by atoms with Crippen LogP contribution in [-0.4, -0.2) is 137 Å². The molecule has 1 aliphatic carbocycles. The van der Waals surface area contributed by atoms with E-state index in [9.17, 15) is 56.6 Å². The van der Waals surface area contributed by atoms with E-state index >= 15 is 0 Å². The van der Waals surface area contributed by atoms with Crippen LogP contribution in [0.5, 0.6) is 0 Å². The van der Waals surface area contributed by atoms with Gasteiger partial charge in [-0.3, -0.25) is 56.5 Å². The lowest BCUT2D eigenvalue weighted by Gasteiger charge is -2.47. The minimum Gasteiger partial charge on any atom is -0.438 e. The van der Waals surface area contributed by atoms with E-state index in [0.29, 0.717) is 0 Å². The van der Waals surface area contributed by atoms with Gasteiger partial charge < -0.3 is 37.9 Å². The van der Waals surface area contributed by atoms with Crippen LogP contribution in [-0.2, 0) is 149 Å². The summed E-state index contributed by atoms with van der Waals surface area (Å²) >= 11 is 13.5. The Morgan fingerprint density at radius 1 is 0.294 bits per heavy atom. The Morgan fingerprint density at radius 3 is 0.559 bits per heavy atom. The monoisotopic (exact) mass is 1110 g/mol. The number of carbonyl (C=O) groups excluding carboxylic acids is 8. The summed E-state index contributed by atoms with van der Waals surface area (Å²) in [6, 6.07) is 0. The molecule has 68 heavy (non-hydrogen) atoms. The van der Waals surface area contributed by atoms with Crippen molar-refractivity contribution in [1.29, 1.82) is 0 Å². The number of ether oxygens (including phenoxy) is 8. The number of hydrogen-bond acceptors (Lipinski definition) is 32. The molecule has 0 aliphatic heterocycles. The van der Waals surface area contributed by atoms with Crippen molar-refractivity contribution >= 4 is 102 Å². The molecule has 392 valence electrons. The molecule has 1 aliphatic rings. The molecule has 0 amide bonds. The zero-order valence-corrected chi connectivity index (χ0v) is 41.8. The lowest BCUT2D eigenvalue weighted by molar-refractivity contribution is -0.166. The first-order valence-corrected chi connectivity index (χ1v) is 24.9. The Hall–Kier alpha value is -3.22. The highest BCUT2D eigenvalue weighted by molar-refractivity contribution is 7.49. The van der Waals surface area contributed by atoms with Crippen LogP contribution < -0.4 is 0 Å². The molecule has 0 aromatic carbocycles. The summed E-state index contributed by atoms with van der Waals surface area (Å²) in [5.41, 5.74) is 0. The van der Waals surface area contributed by atoms with Crippen molar-refractivity contribution in [1.82, 2.24) is 0 Å². The molecular formula is C30H46Cl2O32P4. The summed E-state index contributed by atoms with van der Waals surface area (Å²) in [4.78, 5) is 92.9. The molecule has 0 unspecified atom stereocenters. The predicted octanol–water partition coefficient (Wildman–Crippen LogP) is 3.49. The Bertz CT molecular complexity index is 1700. The summed E-state index contributed by atoms with van der Waals surface area (Å²) < 4.78 is 157. The number of alkyl halides is 2. The molecule has 6 atom stereocenters. The zero-order chi connectivity index (χ0) is 51.9. The van der Waals surface area contributed by atoms with Crippen LogP contribution >= 0.6 is 54.5 Å². The van der Waals surface area contributed by atoms with Gasteiger partial charge in [0.25, 0.3) is 0 Å². The van der Waals surface area contributed by atoms with Crippen molar-refractivity contribution in [3.63, 3.8) is 0 Å². The van der Waals surface area contributed by atoms with Crippen LogP contribution in [0.2, 0.25) is 0 Å². The highest BCUT2D eigenvalue weighted by Gasteiger charge is 2.61. The van der Waals surface area contributed by atoms with Crippen molar-refractivity contribution in [3.8, 4) is 0 Å². The Balaban J connectivity index is 4.43. The standard InChI is InChI=1S/C30H46Cl2O32P4/c1-17(33)45-9-53-65(41,54-10-46-18(2)34)61-27-25(31)26(32)28(62-66(42,55-11-47-19(3)35)56-12-48-20(4)36)30(64-68(44,59-15-51-23(7)39)60-16-52-24(8)40)29(27)63-67(43,57-13-49-21(5)37)58-14-50-22(6)38/h25-30H,9-16H2,1-8H3/t25-,26+,27-,28-,29+,30+/m0/s1. The van der Waals surface area contributed by atoms with E-state index in [1.807, 2.05) is 0 Å². The van der Waals surface area contributed by atoms with Crippen molar-refractivity contribution < 1.29 is 149 Å². The van der Waals surface area contributed by atoms with Crippen molar-refractivity contribution in [2.24, 2.45) is 0 Å². The van der Waals surface area contributed by atoms with Gasteiger partial charge in [0, 0.05) is 55.4 Å². The lowest BCUT2D eigenvalue weighted by atomic mass is 9.89. The fourth-order valence-corrected chi connectivity index (χ4v) is 9.19. The fourth-order valence-electron chi connectivity index (χ4n) is 3.95. The van der Waals surface area contributed by atoms with E-state index in [2.05, 4.69) is 37.9 Å². The number of phosphoric ester groups is 4. The fraction of sp³-hybridized carbons (Fsp3) is 0.733. The largest absolute Gasteiger partial charge is 0.481 e. The van der Waals surface area contributed by atoms with E-state index in [1.54, 1.807) is 0 Å². The number of phosphoric acid groups is 4. The van der Waals surface area contributed by atoms with Crippen LogP contribution in [0.15, 0.2) is 0 Å². The average Bonchev–Trinajstić information content (AvgIpc) is 3.18. The summed E-state index contributed by atoms with van der Waals surface area (Å²) in [6.07, 6.45) is -10.5. The topological polar surface area (TPSA) is 389 Å². The minimum atomic E-state index is -5.66. The van der Waals surface area contributed by atoms with Gasteiger partial charge in [0.15, 0.2) is 0 Å². The van der Waals surface area contributed by atoms with Crippen LogP contribution in [0.25, 0.3) is 0 Å². The second-order valence-electron chi connectivity index (χ2n) is 12.0. The first kappa shape index (κ1) is 62.8. The van der Waals surface area contributed by atoms with Crippen molar-refractivity contribution in [2.45, 2.75) is 90.6 Å². The van der Waals surface area contributed by atoms with Crippen LogP contribution in [0.4, 0.5) is 0 Å². The second kappa shape index (κ2) is 30.5. The molecule has 0 aromatic heterocycles. The minimum absolute atomic E-state index is 0.863. The molecule has 1 rings (SSSR count). The van der Waals surface area contributed by atoms with Gasteiger partial charge in [-0.1, -0.05) is 0 Å². The Morgan fingerprint density at radius 2 is 0.426 bits per heavy atom. The number of halogens is 2. The first-order valence-electron chi connectivity index (χ1n) is 18.2. The average molecular weight is 1110 g/mol. The van der Waals surface area contributed by atoms with Gasteiger partial charge in [-0.2, -0.15) is 0 Å². The molecule has 32 nitrogen and oxygen atoms in total. The number of rotatable bonds is 32. The summed E-state index contributed by atoms with van der Waals surface area (Å²) in [5, 5.41) is -4.38. The zero-order valence-electron chi connectivity index (χ0n) is 36.7. The van der Waals surface area contributed by atoms with Gasteiger partial charge in [0.05, 0.1) is 10.8 Å². The molecule has 1 fully saturated rings. The predicted molar refractivity (Wildman–Crippen MR) is 211 cm³/mol. The van der Waals surface area contributed by atoms with E-state index in [-0.39, 0.29) is 0 Å². The SMILES string of the molecule is CC(=O)OCOP(=O)(OCOC(C)=O)O[C@H]1[C@H](OP(=O)(OCOC(C)=O)OCOC(C)=O)[C@@H](OP(=O)(OCOC(C)=O)OCOC(C)=O)[C@@H](Cl)[C@@H](Cl)[C@@H]1OP(=O)(OCOC(C)=O)OCOC(C)=O. The van der Waals surface area contributed by atoms with Crippen LogP contribution in [0.3, 0.4) is 0 Å². The summed E-state index contributed by atoms with van der Waals surface area (Å²) in [5.74, 6) is -8.42. The van der Waals surface area contributed by atoms with Gasteiger partial charge >= 0.3 is 79.0 Å². The molecule has 38 heteroatoms. The highest BCUT2D eigenvalue weighted by Crippen LogP contribution is 2.62. The third-order valence-electron chi connectivity index (χ3n) is 6.69. The second-order valence-corrected chi connectivity index (χ2v) is 19.5. The van der Waals surface area contributed by atoms with Crippen LogP contribution in [0.1, 0.15) is 55.4 Å². The van der Waals surface area contributed by atoms with Gasteiger partial charge in [-0.05, 0) is 0 Å². The molecule has 0 N–H and O–H groups in total. The van der Waals surface area contributed by atoms with Gasteiger partial charge in [-0.15, -0.1) is 23.2 Å². The maximum Gasteiger partial charge on any atom is 0.481 e. The molecule has 0 saturated heterocycles. The molecule has 1 saturated carbocycles. The Kier molecular flexibility index (Phi) is 28.2. The molecule has 0 radical (unpaired) electrons. The third-order valence-corrected chi connectivity index (χ3v) is 13.2. The smallest absolute Gasteiger partial charge is 0.438 e. The molecule has 0 aromatic rings. The van der Waals surface area contributed by atoms with Crippen molar-refractivity contribution in [2.75, 3.05) is 54.3 Å². The number of carbonyl (C=O) groups is 8. The lowest BCUT2D eigenvalue weighted by Crippen LogP contribution is -2.62. The van der Waals surface area contributed by atoms with Gasteiger partial charge in [0.2, 0.25) is 54.3 Å². The quantitative estimate of drug-likeness (QED) is 0.0306. The molecule has 0 heterocycles. The molecular weight excluding hydrogens is 1070 g/mol. The normalized spacial score (nSPS) is 19.7. The Labute approximate surface area is 395 Å². The van der Waals surface area contributed by atoms with Gasteiger partial charge in [0.1, 0.15) is 24.4 Å². The number of esters is 8. The highest BCUT2D eigenvalue weighted by atomic mass is 35.5. The van der Waals surface area contributed by atoms with Crippen molar-refractivity contribution in [3.05, 3.63) is 0 Å². The maximum atomic E-state index is 14.5. The maximum absolute atomic E-state index is 14.5. The van der Waals surface area contributed by atoms with Crippen LogP contribution in [0, 0.1) is 0 Å².